The van der Waals surface area contributed by atoms with E-state index >= 15 is 0 Å². The van der Waals surface area contributed by atoms with E-state index in [1.54, 1.807) is 7.05 Å². The predicted molar refractivity (Wildman–Crippen MR) is 103 cm³/mol. The number of amidine groups is 1. The first kappa shape index (κ1) is 18.1. The lowest BCUT2D eigenvalue weighted by atomic mass is 9.87. The summed E-state index contributed by atoms with van der Waals surface area (Å²) in [5.41, 5.74) is 4.70. The molecular weight excluding hydrogens is 296 g/mol. The van der Waals surface area contributed by atoms with E-state index in [1.165, 1.54) is 5.56 Å². The Kier molecular flexibility index (Phi) is 5.33. The van der Waals surface area contributed by atoms with Crippen LogP contribution >= 0.6 is 0 Å². The first-order valence-corrected chi connectivity index (χ1v) is 8.31. The summed E-state index contributed by atoms with van der Waals surface area (Å²) in [6, 6.07) is 12.5. The SMILES string of the molecule is CN=C(NC)c1cc(C)c(Oc2cccc(C(C)(C)C)c2)cc1C. The predicted octanol–water partition coefficient (Wildman–Crippen LogP) is 4.99. The van der Waals surface area contributed by atoms with E-state index in [0.29, 0.717) is 0 Å². The molecule has 0 radical (unpaired) electrons. The van der Waals surface area contributed by atoms with Crippen LogP contribution < -0.4 is 10.1 Å². The van der Waals surface area contributed by atoms with E-state index in [2.05, 4.69) is 75.3 Å². The Morgan fingerprint density at radius 1 is 1.04 bits per heavy atom. The highest BCUT2D eigenvalue weighted by molar-refractivity contribution is 6.00. The zero-order valence-corrected chi connectivity index (χ0v) is 15.8. The van der Waals surface area contributed by atoms with Gasteiger partial charge in [0.25, 0.3) is 0 Å². The van der Waals surface area contributed by atoms with Crippen molar-refractivity contribution in [2.75, 3.05) is 14.1 Å². The van der Waals surface area contributed by atoms with Crippen LogP contribution in [0.15, 0.2) is 41.4 Å². The number of hydrogen-bond acceptors (Lipinski definition) is 2. The summed E-state index contributed by atoms with van der Waals surface area (Å²) < 4.78 is 6.17. The molecule has 0 aliphatic carbocycles. The first-order valence-electron chi connectivity index (χ1n) is 8.31. The summed E-state index contributed by atoms with van der Waals surface area (Å²) in [5.74, 6) is 2.64. The van der Waals surface area contributed by atoms with Crippen LogP contribution in [0.1, 0.15) is 43.0 Å². The molecule has 0 amide bonds. The third-order valence-corrected chi connectivity index (χ3v) is 4.17. The summed E-state index contributed by atoms with van der Waals surface area (Å²) >= 11 is 0. The van der Waals surface area contributed by atoms with Gasteiger partial charge in [-0.2, -0.15) is 0 Å². The Bertz CT molecular complexity index is 755. The number of aryl methyl sites for hydroxylation is 2. The molecule has 0 unspecified atom stereocenters. The molecule has 0 aliphatic heterocycles. The number of ether oxygens (including phenoxy) is 1. The van der Waals surface area contributed by atoms with Gasteiger partial charge in [0.2, 0.25) is 0 Å². The standard InChI is InChI=1S/C21H28N2O/c1-14-12-19(15(2)11-18(14)20(22-6)23-7)24-17-10-8-9-16(13-17)21(3,4)5/h8-13H,1-7H3,(H,22,23). The highest BCUT2D eigenvalue weighted by atomic mass is 16.5. The van der Waals surface area contributed by atoms with Crippen molar-refractivity contribution in [1.82, 2.24) is 5.32 Å². The fourth-order valence-corrected chi connectivity index (χ4v) is 2.67. The van der Waals surface area contributed by atoms with Gasteiger partial charge in [-0.05, 0) is 60.2 Å². The number of rotatable bonds is 3. The molecule has 128 valence electrons. The highest BCUT2D eigenvalue weighted by Crippen LogP contribution is 2.31. The Morgan fingerprint density at radius 3 is 2.33 bits per heavy atom. The highest BCUT2D eigenvalue weighted by Gasteiger charge is 2.15. The molecule has 0 fully saturated rings. The molecule has 0 spiro atoms. The van der Waals surface area contributed by atoms with Gasteiger partial charge in [0.05, 0.1) is 0 Å². The molecule has 3 nitrogen and oxygen atoms in total. The second-order valence-corrected chi connectivity index (χ2v) is 7.13. The average molecular weight is 324 g/mol. The molecule has 0 saturated heterocycles. The summed E-state index contributed by atoms with van der Waals surface area (Å²) in [6.45, 7) is 10.8. The van der Waals surface area contributed by atoms with Gasteiger partial charge in [-0.15, -0.1) is 0 Å². The van der Waals surface area contributed by atoms with Crippen molar-refractivity contribution in [3.63, 3.8) is 0 Å². The summed E-state index contributed by atoms with van der Waals surface area (Å²) in [4.78, 5) is 4.30. The quantitative estimate of drug-likeness (QED) is 0.637. The van der Waals surface area contributed by atoms with Gasteiger partial charge in [-0.25, -0.2) is 0 Å². The molecule has 2 aromatic rings. The van der Waals surface area contributed by atoms with E-state index in [1.807, 2.05) is 13.1 Å². The fraction of sp³-hybridized carbons (Fsp3) is 0.381. The summed E-state index contributed by atoms with van der Waals surface area (Å²) in [5, 5.41) is 3.14. The average Bonchev–Trinajstić information content (AvgIpc) is 2.52. The molecule has 0 bridgehead atoms. The zero-order valence-electron chi connectivity index (χ0n) is 15.8. The summed E-state index contributed by atoms with van der Waals surface area (Å²) in [6.07, 6.45) is 0. The van der Waals surface area contributed by atoms with Gasteiger partial charge in [0.1, 0.15) is 17.3 Å². The van der Waals surface area contributed by atoms with Crippen molar-refractivity contribution in [3.8, 4) is 11.5 Å². The van der Waals surface area contributed by atoms with Crippen LogP contribution in [0.2, 0.25) is 0 Å². The lowest BCUT2D eigenvalue weighted by Crippen LogP contribution is -2.20. The van der Waals surface area contributed by atoms with E-state index in [0.717, 1.165) is 34.0 Å². The van der Waals surface area contributed by atoms with Crippen molar-refractivity contribution < 1.29 is 4.74 Å². The normalized spacial score (nSPS) is 12.2. The number of hydrogen-bond donors (Lipinski definition) is 1. The molecule has 24 heavy (non-hydrogen) atoms. The molecule has 0 heterocycles. The number of benzene rings is 2. The van der Waals surface area contributed by atoms with E-state index in [9.17, 15) is 0 Å². The van der Waals surface area contributed by atoms with Crippen LogP contribution in [0.3, 0.4) is 0 Å². The van der Waals surface area contributed by atoms with Crippen molar-refractivity contribution in [2.45, 2.75) is 40.0 Å². The second kappa shape index (κ2) is 7.08. The van der Waals surface area contributed by atoms with Crippen molar-refractivity contribution in [1.29, 1.82) is 0 Å². The monoisotopic (exact) mass is 324 g/mol. The van der Waals surface area contributed by atoms with Crippen LogP contribution in [0.25, 0.3) is 0 Å². The lowest BCUT2D eigenvalue weighted by molar-refractivity contribution is 0.474. The second-order valence-electron chi connectivity index (χ2n) is 7.13. The number of nitrogens with zero attached hydrogens (tertiary/aromatic N) is 1. The molecule has 3 heteroatoms. The summed E-state index contributed by atoms with van der Waals surface area (Å²) in [7, 11) is 3.68. The molecule has 0 atom stereocenters. The van der Waals surface area contributed by atoms with Crippen LogP contribution in [0.4, 0.5) is 0 Å². The van der Waals surface area contributed by atoms with Crippen LogP contribution in [0.5, 0.6) is 11.5 Å². The van der Waals surface area contributed by atoms with Crippen molar-refractivity contribution >= 4 is 5.84 Å². The Balaban J connectivity index is 2.36. The minimum Gasteiger partial charge on any atom is -0.457 e. The van der Waals surface area contributed by atoms with E-state index in [4.69, 9.17) is 4.74 Å². The Labute approximate surface area is 145 Å². The molecule has 2 aromatic carbocycles. The molecular formula is C21H28N2O. The number of aliphatic imine (C=N–C) groups is 1. The third-order valence-electron chi connectivity index (χ3n) is 4.17. The maximum absolute atomic E-state index is 6.17. The largest absolute Gasteiger partial charge is 0.457 e. The van der Waals surface area contributed by atoms with E-state index < -0.39 is 0 Å². The lowest BCUT2D eigenvalue weighted by Gasteiger charge is -2.20. The molecule has 0 aliphatic rings. The van der Waals surface area contributed by atoms with Gasteiger partial charge in [0.15, 0.2) is 0 Å². The third kappa shape index (κ3) is 3.97. The van der Waals surface area contributed by atoms with Gasteiger partial charge < -0.3 is 10.1 Å². The first-order chi connectivity index (χ1) is 11.3. The van der Waals surface area contributed by atoms with Crippen molar-refractivity contribution in [2.24, 2.45) is 4.99 Å². The maximum atomic E-state index is 6.17. The maximum Gasteiger partial charge on any atom is 0.130 e. The van der Waals surface area contributed by atoms with Crippen LogP contribution in [0, 0.1) is 13.8 Å². The molecule has 1 N–H and O–H groups in total. The van der Waals surface area contributed by atoms with Gasteiger partial charge in [-0.1, -0.05) is 32.9 Å². The van der Waals surface area contributed by atoms with Gasteiger partial charge >= 0.3 is 0 Å². The van der Waals surface area contributed by atoms with Crippen LogP contribution in [-0.2, 0) is 5.41 Å². The molecule has 2 rings (SSSR count). The Morgan fingerprint density at radius 2 is 1.75 bits per heavy atom. The smallest absolute Gasteiger partial charge is 0.130 e. The molecule has 0 saturated carbocycles. The minimum absolute atomic E-state index is 0.105. The van der Waals surface area contributed by atoms with E-state index in [-0.39, 0.29) is 5.41 Å². The topological polar surface area (TPSA) is 33.6 Å². The van der Waals surface area contributed by atoms with Crippen molar-refractivity contribution in [3.05, 3.63) is 58.7 Å². The zero-order chi connectivity index (χ0) is 17.9. The van der Waals surface area contributed by atoms with Crippen LogP contribution in [-0.4, -0.2) is 19.9 Å². The number of nitrogens with one attached hydrogen (secondary N) is 1. The molecule has 0 aromatic heterocycles. The van der Waals surface area contributed by atoms with Gasteiger partial charge in [-0.3, -0.25) is 4.99 Å². The minimum atomic E-state index is 0.105. The van der Waals surface area contributed by atoms with Gasteiger partial charge in [0, 0.05) is 19.7 Å². The fourth-order valence-electron chi connectivity index (χ4n) is 2.67. The Hall–Kier alpha value is -2.29.